The molecule has 1 nitrogen and oxygen atoms in total. The molecule has 0 heterocycles. The molecule has 0 aliphatic rings. The lowest BCUT2D eigenvalue weighted by atomic mass is 10.0. The maximum atomic E-state index is 6.00. The molecule has 0 fully saturated rings. The third-order valence-electron chi connectivity index (χ3n) is 3.09. The minimum absolute atomic E-state index is 0.346. The van der Waals surface area contributed by atoms with E-state index in [1.807, 2.05) is 18.2 Å². The van der Waals surface area contributed by atoms with Gasteiger partial charge in [-0.2, -0.15) is 0 Å². The predicted molar refractivity (Wildman–Crippen MR) is 82.8 cm³/mol. The second-order valence-electron chi connectivity index (χ2n) is 4.53. The number of hydrogen-bond acceptors (Lipinski definition) is 1. The van der Waals surface area contributed by atoms with Crippen molar-refractivity contribution in [3.8, 4) is 0 Å². The van der Waals surface area contributed by atoms with Gasteiger partial charge in [0.05, 0.1) is 0 Å². The quantitative estimate of drug-likeness (QED) is 0.795. The van der Waals surface area contributed by atoms with Crippen molar-refractivity contribution in [2.75, 3.05) is 0 Å². The van der Waals surface area contributed by atoms with E-state index in [2.05, 4.69) is 36.5 Å². The molecule has 2 aromatic carbocycles. The third-order valence-corrected chi connectivity index (χ3v) is 3.52. The summed E-state index contributed by atoms with van der Waals surface area (Å²) in [7, 11) is 0. The van der Waals surface area contributed by atoms with Crippen molar-refractivity contribution in [1.29, 1.82) is 0 Å². The molecule has 0 aliphatic heterocycles. The van der Waals surface area contributed by atoms with E-state index in [0.29, 0.717) is 16.1 Å². The van der Waals surface area contributed by atoms with Crippen LogP contribution in [-0.4, -0.2) is 0 Å². The van der Waals surface area contributed by atoms with E-state index >= 15 is 0 Å². The summed E-state index contributed by atoms with van der Waals surface area (Å²) in [6, 6.07) is 16.4. The molecule has 3 heteroatoms. The molecular formula is C16H17Cl2N. The van der Waals surface area contributed by atoms with E-state index in [1.54, 1.807) is 6.07 Å². The van der Waals surface area contributed by atoms with Gasteiger partial charge < -0.3 is 5.32 Å². The van der Waals surface area contributed by atoms with E-state index in [-0.39, 0.29) is 0 Å². The highest BCUT2D eigenvalue weighted by Crippen LogP contribution is 2.21. The molecule has 0 bridgehead atoms. The summed E-state index contributed by atoms with van der Waals surface area (Å²) in [5, 5.41) is 4.89. The summed E-state index contributed by atoms with van der Waals surface area (Å²) in [4.78, 5) is 0. The molecule has 0 saturated carbocycles. The Morgan fingerprint density at radius 3 is 2.21 bits per heavy atom. The second kappa shape index (κ2) is 6.95. The van der Waals surface area contributed by atoms with Crippen LogP contribution in [0, 0.1) is 0 Å². The number of rotatable bonds is 5. The van der Waals surface area contributed by atoms with Crippen molar-refractivity contribution >= 4 is 23.2 Å². The van der Waals surface area contributed by atoms with Crippen LogP contribution in [-0.2, 0) is 6.54 Å². The van der Waals surface area contributed by atoms with Gasteiger partial charge in [0.1, 0.15) is 0 Å². The minimum Gasteiger partial charge on any atom is -0.306 e. The Morgan fingerprint density at radius 2 is 1.63 bits per heavy atom. The van der Waals surface area contributed by atoms with Crippen LogP contribution in [0.1, 0.15) is 30.5 Å². The molecule has 0 radical (unpaired) electrons. The first-order chi connectivity index (χ1) is 9.19. The molecule has 0 aliphatic carbocycles. The Hall–Kier alpha value is -1.02. The summed E-state index contributed by atoms with van der Waals surface area (Å²) >= 11 is 12.0. The largest absolute Gasteiger partial charge is 0.306 e. The van der Waals surface area contributed by atoms with Crippen LogP contribution < -0.4 is 5.32 Å². The van der Waals surface area contributed by atoms with Gasteiger partial charge in [0.25, 0.3) is 0 Å². The highest BCUT2D eigenvalue weighted by atomic mass is 35.5. The van der Waals surface area contributed by atoms with Crippen molar-refractivity contribution in [2.24, 2.45) is 0 Å². The lowest BCUT2D eigenvalue weighted by molar-refractivity contribution is 0.519. The molecule has 1 atom stereocenters. The molecule has 2 rings (SSSR count). The van der Waals surface area contributed by atoms with E-state index in [1.165, 1.54) is 5.56 Å². The van der Waals surface area contributed by atoms with Crippen molar-refractivity contribution in [3.63, 3.8) is 0 Å². The van der Waals surface area contributed by atoms with Gasteiger partial charge >= 0.3 is 0 Å². The molecule has 1 unspecified atom stereocenters. The highest BCUT2D eigenvalue weighted by molar-refractivity contribution is 6.34. The van der Waals surface area contributed by atoms with Crippen LogP contribution >= 0.6 is 23.2 Å². The lowest BCUT2D eigenvalue weighted by Crippen LogP contribution is -2.20. The summed E-state index contributed by atoms with van der Waals surface area (Å²) < 4.78 is 0. The summed E-state index contributed by atoms with van der Waals surface area (Å²) in [5.41, 5.74) is 2.41. The van der Waals surface area contributed by atoms with Crippen molar-refractivity contribution in [2.45, 2.75) is 25.9 Å². The van der Waals surface area contributed by atoms with Crippen molar-refractivity contribution in [1.82, 2.24) is 5.32 Å². The Kier molecular flexibility index (Phi) is 5.26. The van der Waals surface area contributed by atoms with Gasteiger partial charge in [0.2, 0.25) is 0 Å². The average molecular weight is 294 g/mol. The molecule has 100 valence electrons. The Labute approximate surface area is 124 Å². The van der Waals surface area contributed by atoms with E-state index < -0.39 is 0 Å². The van der Waals surface area contributed by atoms with Crippen LogP contribution in [0.25, 0.3) is 0 Å². The Bertz CT molecular complexity index is 505. The van der Waals surface area contributed by atoms with Crippen LogP contribution in [0.2, 0.25) is 10.0 Å². The maximum Gasteiger partial charge on any atom is 0.0424 e. The molecule has 0 aromatic heterocycles. The molecule has 2 aromatic rings. The monoisotopic (exact) mass is 293 g/mol. The fourth-order valence-electron chi connectivity index (χ4n) is 2.14. The second-order valence-corrected chi connectivity index (χ2v) is 5.40. The van der Waals surface area contributed by atoms with Crippen molar-refractivity contribution < 1.29 is 0 Å². The first-order valence-corrected chi connectivity index (χ1v) is 7.18. The number of hydrogen-bond donors (Lipinski definition) is 1. The lowest BCUT2D eigenvalue weighted by Gasteiger charge is -2.17. The van der Waals surface area contributed by atoms with Crippen LogP contribution in [0.5, 0.6) is 0 Å². The first-order valence-electron chi connectivity index (χ1n) is 6.42. The average Bonchev–Trinajstić information content (AvgIpc) is 2.39. The molecule has 0 amide bonds. The Morgan fingerprint density at radius 1 is 1.00 bits per heavy atom. The first kappa shape index (κ1) is 14.4. The van der Waals surface area contributed by atoms with Gasteiger partial charge in [-0.1, -0.05) is 60.5 Å². The van der Waals surface area contributed by atoms with Crippen molar-refractivity contribution in [3.05, 3.63) is 69.7 Å². The fourth-order valence-corrected chi connectivity index (χ4v) is 2.71. The zero-order valence-electron chi connectivity index (χ0n) is 10.9. The van der Waals surface area contributed by atoms with Gasteiger partial charge in [-0.3, -0.25) is 0 Å². The summed E-state index contributed by atoms with van der Waals surface area (Å²) in [5.74, 6) is 0. The van der Waals surface area contributed by atoms with Gasteiger partial charge in [-0.15, -0.1) is 0 Å². The van der Waals surface area contributed by atoms with E-state index in [4.69, 9.17) is 23.2 Å². The fraction of sp³-hybridized carbons (Fsp3) is 0.250. The van der Waals surface area contributed by atoms with E-state index in [0.717, 1.165) is 18.5 Å². The molecular weight excluding hydrogens is 277 g/mol. The zero-order chi connectivity index (χ0) is 13.7. The smallest absolute Gasteiger partial charge is 0.0424 e. The standard InChI is InChI=1S/C16H17Cl2N/c1-2-16(13-6-4-3-5-7-13)19-11-12-8-14(17)10-15(18)9-12/h3-10,16,19H,2,11H2,1H3. The summed E-state index contributed by atoms with van der Waals surface area (Å²) in [6.07, 6.45) is 1.04. The highest BCUT2D eigenvalue weighted by Gasteiger charge is 2.08. The number of halogens is 2. The predicted octanol–water partition coefficient (Wildman–Crippen LogP) is 5.23. The van der Waals surface area contributed by atoms with Crippen LogP contribution in [0.3, 0.4) is 0 Å². The van der Waals surface area contributed by atoms with Gasteiger partial charge in [-0.25, -0.2) is 0 Å². The van der Waals surface area contributed by atoms with Crippen LogP contribution in [0.15, 0.2) is 48.5 Å². The number of nitrogens with one attached hydrogen (secondary N) is 1. The number of benzene rings is 2. The molecule has 0 saturated heterocycles. The minimum atomic E-state index is 0.346. The Balaban J connectivity index is 2.04. The maximum absolute atomic E-state index is 6.00. The molecule has 1 N–H and O–H groups in total. The topological polar surface area (TPSA) is 12.0 Å². The summed E-state index contributed by atoms with van der Waals surface area (Å²) in [6.45, 7) is 2.93. The zero-order valence-corrected chi connectivity index (χ0v) is 12.4. The van der Waals surface area contributed by atoms with Crippen LogP contribution in [0.4, 0.5) is 0 Å². The van der Waals surface area contributed by atoms with E-state index in [9.17, 15) is 0 Å². The van der Waals surface area contributed by atoms with Gasteiger partial charge in [-0.05, 0) is 35.7 Å². The van der Waals surface area contributed by atoms with Gasteiger partial charge in [0.15, 0.2) is 0 Å². The normalized spacial score (nSPS) is 12.4. The molecule has 19 heavy (non-hydrogen) atoms. The molecule has 0 spiro atoms. The SMILES string of the molecule is CCC(NCc1cc(Cl)cc(Cl)c1)c1ccccc1. The third kappa shape index (κ3) is 4.24. The van der Waals surface area contributed by atoms with Gasteiger partial charge in [0, 0.05) is 22.6 Å².